The second-order valence-corrected chi connectivity index (χ2v) is 3.32. The van der Waals surface area contributed by atoms with Crippen LogP contribution in [0.1, 0.15) is 32.6 Å². The lowest BCUT2D eigenvalue weighted by Gasteiger charge is -2.07. The predicted molar refractivity (Wildman–Crippen MR) is 46.5 cm³/mol. The van der Waals surface area contributed by atoms with Crippen LogP contribution in [0.4, 0.5) is 0 Å². The zero-order chi connectivity index (χ0) is 8.53. The highest BCUT2D eigenvalue weighted by atomic mass is 31.2. The topological polar surface area (TPSA) is 70.5 Å². The van der Waals surface area contributed by atoms with Gasteiger partial charge in [-0.2, -0.15) is 0 Å². The zero-order valence-corrected chi connectivity index (χ0v) is 7.85. The van der Waals surface area contributed by atoms with Gasteiger partial charge in [-0.05, 0) is 6.42 Å². The molecule has 0 rings (SSSR count). The van der Waals surface area contributed by atoms with E-state index in [1.807, 2.05) is 0 Å². The first-order valence-electron chi connectivity index (χ1n) is 3.85. The summed E-state index contributed by atoms with van der Waals surface area (Å²) in [5.41, 5.74) is 5.28. The minimum Gasteiger partial charge on any atom is -0.321 e. The van der Waals surface area contributed by atoms with Crippen molar-refractivity contribution in [2.75, 3.05) is 6.61 Å². The van der Waals surface area contributed by atoms with Gasteiger partial charge in [0.05, 0.1) is 6.61 Å². The summed E-state index contributed by atoms with van der Waals surface area (Å²) in [6, 6.07) is 0. The van der Waals surface area contributed by atoms with E-state index in [1.165, 1.54) is 19.3 Å². The number of nitrogens with two attached hydrogens (primary N) is 2. The third-order valence-electron chi connectivity index (χ3n) is 1.32. The van der Waals surface area contributed by atoms with Crippen molar-refractivity contribution in [3.8, 4) is 0 Å². The molecule has 0 saturated heterocycles. The molecule has 4 nitrogen and oxygen atoms in total. The van der Waals surface area contributed by atoms with E-state index in [2.05, 4.69) is 11.5 Å². The molecular formula is C6H17N2O2P. The molecule has 0 aromatic heterocycles. The summed E-state index contributed by atoms with van der Waals surface area (Å²) in [5.74, 6) is 4.79. The lowest BCUT2D eigenvalue weighted by Crippen LogP contribution is -2.03. The van der Waals surface area contributed by atoms with E-state index in [4.69, 9.17) is 15.9 Å². The van der Waals surface area contributed by atoms with Crippen molar-refractivity contribution in [3.05, 3.63) is 0 Å². The van der Waals surface area contributed by atoms with Crippen LogP contribution in [0.25, 0.3) is 0 Å². The van der Waals surface area contributed by atoms with Gasteiger partial charge in [0.2, 0.25) is 0 Å². The lowest BCUT2D eigenvalue weighted by atomic mass is 10.2. The van der Waals surface area contributed by atoms with Crippen LogP contribution in [-0.2, 0) is 9.15 Å². The molecule has 4 N–H and O–H groups in total. The standard InChI is InChI=1S/C6H17N2O2P/c1-2-3-4-5-6-9-11(8)10-7/h2-8H2,1H3. The molecule has 0 aromatic rings. The van der Waals surface area contributed by atoms with Crippen molar-refractivity contribution in [3.63, 3.8) is 0 Å². The van der Waals surface area contributed by atoms with Crippen LogP contribution in [0, 0.1) is 0 Å². The van der Waals surface area contributed by atoms with Crippen LogP contribution in [0.15, 0.2) is 0 Å². The van der Waals surface area contributed by atoms with Gasteiger partial charge in [0.15, 0.2) is 0 Å². The van der Waals surface area contributed by atoms with Gasteiger partial charge >= 0.3 is 0 Å². The fourth-order valence-corrected chi connectivity index (χ4v) is 1.08. The van der Waals surface area contributed by atoms with Crippen LogP contribution in [0.3, 0.4) is 0 Å². The molecule has 5 heteroatoms. The first kappa shape index (κ1) is 11.3. The Hall–Kier alpha value is 0.270. The number of rotatable bonds is 7. The SMILES string of the molecule is CCCCCCOP(N)ON. The normalized spacial score (nSPS) is 13.4. The third-order valence-corrected chi connectivity index (χ3v) is 1.97. The Labute approximate surface area is 69.2 Å². The quantitative estimate of drug-likeness (QED) is 0.355. The maximum absolute atomic E-state index is 5.28. The Bertz CT molecular complexity index is 85.0. The van der Waals surface area contributed by atoms with Crippen molar-refractivity contribution in [2.45, 2.75) is 32.6 Å². The van der Waals surface area contributed by atoms with E-state index in [9.17, 15) is 0 Å². The average Bonchev–Trinajstić information content (AvgIpc) is 2.04. The molecule has 0 saturated carbocycles. The van der Waals surface area contributed by atoms with Crippen molar-refractivity contribution in [2.24, 2.45) is 11.4 Å². The van der Waals surface area contributed by atoms with Gasteiger partial charge in [-0.25, -0.2) is 10.5 Å². The fraction of sp³-hybridized carbons (Fsp3) is 1.00. The first-order valence-corrected chi connectivity index (χ1v) is 5.10. The summed E-state index contributed by atoms with van der Waals surface area (Å²) < 4.78 is 9.31. The van der Waals surface area contributed by atoms with E-state index in [-0.39, 0.29) is 0 Å². The van der Waals surface area contributed by atoms with Crippen molar-refractivity contribution in [1.29, 1.82) is 0 Å². The molecule has 0 heterocycles. The van der Waals surface area contributed by atoms with E-state index in [1.54, 1.807) is 0 Å². The summed E-state index contributed by atoms with van der Waals surface area (Å²) in [5, 5.41) is 0. The smallest absolute Gasteiger partial charge is 0.270 e. The maximum Gasteiger partial charge on any atom is 0.270 e. The minimum atomic E-state index is -1.32. The van der Waals surface area contributed by atoms with Crippen LogP contribution >= 0.6 is 8.53 Å². The molecule has 0 aliphatic rings. The summed E-state index contributed by atoms with van der Waals surface area (Å²) in [4.78, 5) is 0. The van der Waals surface area contributed by atoms with Gasteiger partial charge in [0.25, 0.3) is 8.53 Å². The highest BCUT2D eigenvalue weighted by Crippen LogP contribution is 2.25. The molecule has 0 aliphatic carbocycles. The van der Waals surface area contributed by atoms with Gasteiger partial charge < -0.3 is 4.52 Å². The molecule has 11 heavy (non-hydrogen) atoms. The molecule has 0 bridgehead atoms. The van der Waals surface area contributed by atoms with Crippen molar-refractivity contribution in [1.82, 2.24) is 0 Å². The van der Waals surface area contributed by atoms with Gasteiger partial charge in [-0.15, -0.1) is 0 Å². The molecular weight excluding hydrogens is 163 g/mol. The van der Waals surface area contributed by atoms with E-state index < -0.39 is 8.53 Å². The Balaban J connectivity index is 2.89. The Morgan fingerprint density at radius 1 is 1.27 bits per heavy atom. The van der Waals surface area contributed by atoms with Crippen LogP contribution in [0.5, 0.6) is 0 Å². The first-order chi connectivity index (χ1) is 5.31. The zero-order valence-electron chi connectivity index (χ0n) is 6.95. The maximum atomic E-state index is 5.28. The lowest BCUT2D eigenvalue weighted by molar-refractivity contribution is 0.250. The molecule has 1 unspecified atom stereocenters. The van der Waals surface area contributed by atoms with E-state index in [0.717, 1.165) is 6.42 Å². The largest absolute Gasteiger partial charge is 0.321 e. The van der Waals surface area contributed by atoms with E-state index >= 15 is 0 Å². The summed E-state index contributed by atoms with van der Waals surface area (Å²) in [6.45, 7) is 2.82. The predicted octanol–water partition coefficient (Wildman–Crippen LogP) is 1.66. The molecule has 0 aromatic carbocycles. The van der Waals surface area contributed by atoms with Gasteiger partial charge in [0.1, 0.15) is 0 Å². The average molecular weight is 180 g/mol. The van der Waals surface area contributed by atoms with Gasteiger partial charge in [-0.3, -0.25) is 5.50 Å². The minimum absolute atomic E-state index is 0.652. The molecule has 0 amide bonds. The van der Waals surface area contributed by atoms with Gasteiger partial charge in [0, 0.05) is 0 Å². The van der Waals surface area contributed by atoms with Crippen LogP contribution in [-0.4, -0.2) is 6.61 Å². The number of unbranched alkanes of at least 4 members (excludes halogenated alkanes) is 3. The Morgan fingerprint density at radius 2 is 2.00 bits per heavy atom. The summed E-state index contributed by atoms with van der Waals surface area (Å²) in [7, 11) is -1.32. The van der Waals surface area contributed by atoms with Crippen LogP contribution in [0.2, 0.25) is 0 Å². The van der Waals surface area contributed by atoms with Crippen LogP contribution < -0.4 is 11.4 Å². The van der Waals surface area contributed by atoms with Gasteiger partial charge in [-0.1, -0.05) is 26.2 Å². The third kappa shape index (κ3) is 8.17. The molecule has 1 atom stereocenters. The van der Waals surface area contributed by atoms with Crippen molar-refractivity contribution >= 4 is 8.53 Å². The highest BCUT2D eigenvalue weighted by Gasteiger charge is 1.99. The highest BCUT2D eigenvalue weighted by molar-refractivity contribution is 7.44. The Morgan fingerprint density at radius 3 is 2.55 bits per heavy atom. The number of hydrogen-bond donors (Lipinski definition) is 2. The molecule has 0 fully saturated rings. The fourth-order valence-electron chi connectivity index (χ4n) is 0.714. The molecule has 0 radical (unpaired) electrons. The summed E-state index contributed by atoms with van der Waals surface area (Å²) in [6.07, 6.45) is 4.69. The van der Waals surface area contributed by atoms with E-state index in [0.29, 0.717) is 6.61 Å². The molecule has 68 valence electrons. The Kier molecular flexibility index (Phi) is 8.57. The molecule has 0 aliphatic heterocycles. The molecule has 0 spiro atoms. The second kappa shape index (κ2) is 8.37. The monoisotopic (exact) mass is 180 g/mol. The second-order valence-electron chi connectivity index (χ2n) is 2.28. The summed E-state index contributed by atoms with van der Waals surface area (Å²) >= 11 is 0. The van der Waals surface area contributed by atoms with Crippen molar-refractivity contribution < 1.29 is 9.15 Å². The number of hydrogen-bond acceptors (Lipinski definition) is 4.